The Hall–Kier alpha value is -1.99. The van der Waals surface area contributed by atoms with Gasteiger partial charge in [0.25, 0.3) is 0 Å². The van der Waals surface area contributed by atoms with E-state index in [0.29, 0.717) is 17.7 Å². The highest BCUT2D eigenvalue weighted by molar-refractivity contribution is 5.49. The minimum absolute atomic E-state index is 0.339. The first kappa shape index (κ1) is 21.7. The minimum atomic E-state index is -1.18. The van der Waals surface area contributed by atoms with Crippen LogP contribution in [0.15, 0.2) is 45.7 Å². The fourth-order valence-corrected chi connectivity index (χ4v) is 4.15. The highest BCUT2D eigenvalue weighted by Gasteiger charge is 2.69. The van der Waals surface area contributed by atoms with Crippen LogP contribution in [-0.4, -0.2) is 40.4 Å². The summed E-state index contributed by atoms with van der Waals surface area (Å²) >= 11 is 0. The van der Waals surface area contributed by atoms with Crippen molar-refractivity contribution in [3.8, 4) is 0 Å². The highest BCUT2D eigenvalue weighted by Crippen LogP contribution is 2.55. The molecule has 0 amide bonds. The summed E-state index contributed by atoms with van der Waals surface area (Å²) in [6, 6.07) is 1.80. The molecule has 2 aliphatic rings. The van der Waals surface area contributed by atoms with E-state index in [1.807, 2.05) is 20.8 Å². The molecule has 6 heteroatoms. The Balaban J connectivity index is 1.64. The molecule has 0 aliphatic carbocycles. The number of aliphatic hydroxyl groups excluding tert-OH is 1. The average molecular weight is 402 g/mol. The maximum absolute atomic E-state index is 11.6. The summed E-state index contributed by atoms with van der Waals surface area (Å²) in [4.78, 5) is 11.6. The van der Waals surface area contributed by atoms with Crippen LogP contribution in [0.1, 0.15) is 44.1 Å². The zero-order valence-corrected chi connectivity index (χ0v) is 17.6. The van der Waals surface area contributed by atoms with Crippen molar-refractivity contribution in [1.82, 2.24) is 0 Å². The highest BCUT2D eigenvalue weighted by atomic mass is 16.7. The Morgan fingerprint density at radius 2 is 1.79 bits per heavy atom. The Morgan fingerprint density at radius 1 is 1.10 bits per heavy atom. The number of rotatable bonds is 5. The molecular weight excluding hydrogens is 372 g/mol. The SMILES string of the molecule is CC[C@H]1O[C@@H]2O[C@H](/C=C/C=C/C=C/c3oc(=O)c(C)cc3C)[C@H](O)[C@]2(C)[C@@]1(C)O. The van der Waals surface area contributed by atoms with E-state index >= 15 is 0 Å². The van der Waals surface area contributed by atoms with Crippen LogP contribution >= 0.6 is 0 Å². The van der Waals surface area contributed by atoms with E-state index in [2.05, 4.69) is 0 Å². The predicted octanol–water partition coefficient (Wildman–Crippen LogP) is 3.03. The summed E-state index contributed by atoms with van der Waals surface area (Å²) in [5.74, 6) is 0.523. The molecule has 3 rings (SSSR count). The maximum Gasteiger partial charge on any atom is 0.339 e. The quantitative estimate of drug-likeness (QED) is 0.736. The van der Waals surface area contributed by atoms with Crippen LogP contribution in [-0.2, 0) is 9.47 Å². The molecule has 0 aromatic carbocycles. The molecule has 0 radical (unpaired) electrons. The Morgan fingerprint density at radius 3 is 2.45 bits per heavy atom. The molecule has 2 saturated heterocycles. The summed E-state index contributed by atoms with van der Waals surface area (Å²) < 4.78 is 17.0. The summed E-state index contributed by atoms with van der Waals surface area (Å²) in [6.07, 6.45) is 8.77. The van der Waals surface area contributed by atoms with Gasteiger partial charge in [0.1, 0.15) is 17.5 Å². The molecule has 6 atom stereocenters. The fourth-order valence-electron chi connectivity index (χ4n) is 4.15. The molecule has 2 fully saturated rings. The van der Waals surface area contributed by atoms with Crippen LogP contribution in [0.5, 0.6) is 0 Å². The topological polar surface area (TPSA) is 89.1 Å². The van der Waals surface area contributed by atoms with Crippen molar-refractivity contribution in [1.29, 1.82) is 0 Å². The molecule has 0 bridgehead atoms. The zero-order chi connectivity index (χ0) is 21.4. The summed E-state index contributed by atoms with van der Waals surface area (Å²) in [5, 5.41) is 21.7. The second-order valence-electron chi connectivity index (χ2n) is 8.23. The van der Waals surface area contributed by atoms with Crippen molar-refractivity contribution >= 4 is 6.08 Å². The minimum Gasteiger partial charge on any atom is -0.423 e. The second-order valence-corrected chi connectivity index (χ2v) is 8.23. The van der Waals surface area contributed by atoms with E-state index in [9.17, 15) is 15.0 Å². The van der Waals surface area contributed by atoms with Gasteiger partial charge in [-0.1, -0.05) is 37.3 Å². The predicted molar refractivity (Wildman–Crippen MR) is 110 cm³/mol. The number of aryl methyl sites for hydroxylation is 2. The van der Waals surface area contributed by atoms with Gasteiger partial charge in [-0.25, -0.2) is 4.79 Å². The number of fused-ring (bicyclic) bond motifs is 1. The van der Waals surface area contributed by atoms with E-state index in [1.165, 1.54) is 0 Å². The van der Waals surface area contributed by atoms with E-state index in [1.54, 1.807) is 56.4 Å². The second kappa shape index (κ2) is 8.03. The molecule has 1 aromatic rings. The van der Waals surface area contributed by atoms with Gasteiger partial charge in [-0.05, 0) is 51.8 Å². The molecule has 6 nitrogen and oxygen atoms in total. The van der Waals surface area contributed by atoms with Crippen molar-refractivity contribution in [2.24, 2.45) is 5.41 Å². The largest absolute Gasteiger partial charge is 0.423 e. The lowest BCUT2D eigenvalue weighted by Crippen LogP contribution is -2.54. The third kappa shape index (κ3) is 3.66. The van der Waals surface area contributed by atoms with E-state index in [4.69, 9.17) is 13.9 Å². The van der Waals surface area contributed by atoms with Crippen molar-refractivity contribution in [3.63, 3.8) is 0 Å². The molecule has 0 spiro atoms. The smallest absolute Gasteiger partial charge is 0.339 e. The van der Waals surface area contributed by atoms with Crippen molar-refractivity contribution in [3.05, 3.63) is 63.8 Å². The number of ether oxygens (including phenoxy) is 2. The van der Waals surface area contributed by atoms with Crippen LogP contribution in [0.25, 0.3) is 6.08 Å². The molecule has 0 saturated carbocycles. The molecular formula is C23H30O6. The monoisotopic (exact) mass is 402 g/mol. The van der Waals surface area contributed by atoms with Gasteiger partial charge in [-0.2, -0.15) is 0 Å². The number of hydrogen-bond donors (Lipinski definition) is 2. The van der Waals surface area contributed by atoms with Gasteiger partial charge < -0.3 is 24.1 Å². The normalized spacial score (nSPS) is 37.3. The summed E-state index contributed by atoms with van der Waals surface area (Å²) in [7, 11) is 0. The van der Waals surface area contributed by atoms with Gasteiger partial charge in [0.15, 0.2) is 6.29 Å². The first-order valence-electron chi connectivity index (χ1n) is 9.97. The van der Waals surface area contributed by atoms with Crippen LogP contribution in [0.3, 0.4) is 0 Å². The molecule has 29 heavy (non-hydrogen) atoms. The zero-order valence-electron chi connectivity index (χ0n) is 17.6. The Kier molecular flexibility index (Phi) is 6.01. The fraction of sp³-hybridized carbons (Fsp3) is 0.522. The van der Waals surface area contributed by atoms with E-state index < -0.39 is 29.5 Å². The molecule has 2 aliphatic heterocycles. The summed E-state index contributed by atoms with van der Waals surface area (Å²) in [5.41, 5.74) is -0.939. The lowest BCUT2D eigenvalue weighted by atomic mass is 9.69. The standard InChI is InChI=1S/C23H30O6/c1-6-18-23(5,26)22(4)19(24)17(28-21(22)29-18)12-10-8-7-9-11-16-14(2)13-15(3)20(25)27-16/h7-13,17-19,21,24,26H,6H2,1-5H3/b8-7+,11-9+,12-10+/t17-,18-,19+,21+,22+,23+/m1/s1. The van der Waals surface area contributed by atoms with Gasteiger partial charge in [0, 0.05) is 5.56 Å². The van der Waals surface area contributed by atoms with Crippen LogP contribution in [0.2, 0.25) is 0 Å². The lowest BCUT2D eigenvalue weighted by Gasteiger charge is -2.38. The maximum atomic E-state index is 11.6. The Labute approximate surface area is 171 Å². The molecule has 3 heterocycles. The molecule has 1 aromatic heterocycles. The van der Waals surface area contributed by atoms with Gasteiger partial charge in [-0.15, -0.1) is 0 Å². The van der Waals surface area contributed by atoms with Crippen molar-refractivity contribution in [2.75, 3.05) is 0 Å². The van der Waals surface area contributed by atoms with Gasteiger partial charge in [-0.3, -0.25) is 0 Å². The molecule has 0 unspecified atom stereocenters. The Bertz CT molecular complexity index is 893. The average Bonchev–Trinajstić information content (AvgIpc) is 3.02. The van der Waals surface area contributed by atoms with Gasteiger partial charge in [0.05, 0.1) is 17.6 Å². The molecule has 2 N–H and O–H groups in total. The van der Waals surface area contributed by atoms with E-state index in [-0.39, 0.29) is 11.7 Å². The van der Waals surface area contributed by atoms with Crippen molar-refractivity contribution in [2.45, 2.75) is 71.2 Å². The van der Waals surface area contributed by atoms with Gasteiger partial charge in [0.2, 0.25) is 0 Å². The molecule has 158 valence electrons. The third-order valence-electron chi connectivity index (χ3n) is 6.30. The number of allylic oxidation sites excluding steroid dienone is 4. The third-order valence-corrected chi connectivity index (χ3v) is 6.30. The number of aliphatic hydroxyl groups is 2. The lowest BCUT2D eigenvalue weighted by molar-refractivity contribution is -0.144. The van der Waals surface area contributed by atoms with Crippen LogP contribution in [0.4, 0.5) is 0 Å². The van der Waals surface area contributed by atoms with E-state index in [0.717, 1.165) is 5.56 Å². The van der Waals surface area contributed by atoms with Crippen molar-refractivity contribution < 1.29 is 24.1 Å². The first-order chi connectivity index (χ1) is 13.6. The van der Waals surface area contributed by atoms with Gasteiger partial charge >= 0.3 is 5.63 Å². The van der Waals surface area contributed by atoms with Crippen LogP contribution < -0.4 is 5.63 Å². The summed E-state index contributed by atoms with van der Waals surface area (Å²) in [6.45, 7) is 9.06. The first-order valence-corrected chi connectivity index (χ1v) is 9.97. The van der Waals surface area contributed by atoms with Crippen LogP contribution in [0, 0.1) is 19.3 Å². The number of hydrogen-bond acceptors (Lipinski definition) is 6.